The second kappa shape index (κ2) is 6.78. The van der Waals surface area contributed by atoms with Gasteiger partial charge in [0.1, 0.15) is 6.04 Å². The molecule has 0 aromatic rings. The average molecular weight is 269 g/mol. The molecule has 3 atom stereocenters. The maximum atomic E-state index is 13.1. The summed E-state index contributed by atoms with van der Waals surface area (Å²) in [5, 5.41) is 10.8. The van der Waals surface area contributed by atoms with E-state index in [0.717, 1.165) is 0 Å². The van der Waals surface area contributed by atoms with Gasteiger partial charge in [-0.25, -0.2) is 13.6 Å². The van der Waals surface area contributed by atoms with Crippen molar-refractivity contribution in [3.63, 3.8) is 0 Å². The van der Waals surface area contributed by atoms with Crippen LogP contribution in [0.3, 0.4) is 0 Å². The van der Waals surface area contributed by atoms with Crippen molar-refractivity contribution >= 4 is 25.0 Å². The van der Waals surface area contributed by atoms with E-state index in [1.165, 1.54) is 6.92 Å². The maximum absolute atomic E-state index is 13.1. The lowest BCUT2D eigenvalue weighted by Gasteiger charge is -2.18. The number of carboxylic acids is 1. The Kier molecular flexibility index (Phi) is 6.44. The molecule has 1 aliphatic rings. The quantitative estimate of drug-likeness (QED) is 0.534. The fraction of sp³-hybridized carbons (Fsp3) is 0.800. The number of aliphatic carboxylic acids is 1. The van der Waals surface area contributed by atoms with Crippen LogP contribution in [0.4, 0.5) is 8.78 Å². The van der Waals surface area contributed by atoms with Gasteiger partial charge in [0.05, 0.1) is 0 Å². The number of hydrogen-bond donors (Lipinski definition) is 3. The summed E-state index contributed by atoms with van der Waals surface area (Å²) in [6.45, 7) is 1.39. The molecule has 0 aromatic heterocycles. The first-order chi connectivity index (χ1) is 7.88. The van der Waals surface area contributed by atoms with E-state index >= 15 is 0 Å². The molecule has 0 spiro atoms. The van der Waals surface area contributed by atoms with Crippen molar-refractivity contribution in [3.8, 4) is 0 Å². The van der Waals surface area contributed by atoms with E-state index in [4.69, 9.17) is 5.11 Å². The molecule has 7 heteroatoms. The Labute approximate surface area is 104 Å². The third-order valence-corrected chi connectivity index (χ3v) is 2.90. The molecule has 1 amide bonds. The van der Waals surface area contributed by atoms with E-state index in [9.17, 15) is 18.4 Å². The zero-order valence-electron chi connectivity index (χ0n) is 9.69. The number of halogens is 2. The van der Waals surface area contributed by atoms with Gasteiger partial charge in [-0.15, -0.1) is 0 Å². The van der Waals surface area contributed by atoms with Crippen LogP contribution >= 0.6 is 12.6 Å². The molecule has 1 aliphatic carbocycles. The number of thiol groups is 1. The van der Waals surface area contributed by atoms with Crippen LogP contribution in [0.2, 0.25) is 0 Å². The van der Waals surface area contributed by atoms with E-state index < -0.39 is 36.2 Å². The molecule has 0 aromatic carbocycles. The molecule has 17 heavy (non-hydrogen) atoms. The maximum Gasteiger partial charge on any atom is 0.326 e. The van der Waals surface area contributed by atoms with Crippen LogP contribution in [-0.2, 0) is 9.59 Å². The third-order valence-electron chi connectivity index (χ3n) is 2.90. The number of nitrogens with one attached hydrogen (secondary N) is 1. The molecular weight excluding hydrogens is 252 g/mol. The summed E-state index contributed by atoms with van der Waals surface area (Å²) in [6, 6.07) is -1.21. The number of alkyl halides is 2. The van der Waals surface area contributed by atoms with Crippen molar-refractivity contribution in [2.24, 2.45) is 11.8 Å². The van der Waals surface area contributed by atoms with Crippen LogP contribution in [0.15, 0.2) is 0 Å². The predicted octanol–water partition coefficient (Wildman–Crippen LogP) is 1.41. The summed E-state index contributed by atoms with van der Waals surface area (Å²) < 4.78 is 26.3. The summed E-state index contributed by atoms with van der Waals surface area (Å²) >= 11 is 3.53. The van der Waals surface area contributed by atoms with E-state index in [1.807, 2.05) is 0 Å². The van der Waals surface area contributed by atoms with Gasteiger partial charge in [-0.1, -0.05) is 6.92 Å². The lowest BCUT2D eigenvalue weighted by atomic mass is 9.97. The smallest absolute Gasteiger partial charge is 0.326 e. The summed E-state index contributed by atoms with van der Waals surface area (Å²) in [6.07, 6.45) is 1.57. The van der Waals surface area contributed by atoms with Crippen LogP contribution in [0.5, 0.6) is 0 Å². The third kappa shape index (κ3) is 4.14. The van der Waals surface area contributed by atoms with Crippen molar-refractivity contribution in [2.75, 3.05) is 6.26 Å². The van der Waals surface area contributed by atoms with Gasteiger partial charge < -0.3 is 10.4 Å². The van der Waals surface area contributed by atoms with Crippen molar-refractivity contribution in [2.45, 2.75) is 31.7 Å². The van der Waals surface area contributed by atoms with Gasteiger partial charge in [-0.3, -0.25) is 4.79 Å². The Morgan fingerprint density at radius 3 is 2.41 bits per heavy atom. The number of rotatable bonds is 4. The van der Waals surface area contributed by atoms with E-state index in [0.29, 0.717) is 0 Å². The minimum atomic E-state index is -2.83. The van der Waals surface area contributed by atoms with Crippen molar-refractivity contribution in [1.82, 2.24) is 5.32 Å². The van der Waals surface area contributed by atoms with Crippen LogP contribution < -0.4 is 5.32 Å². The van der Waals surface area contributed by atoms with Gasteiger partial charge in [-0.05, 0) is 18.6 Å². The van der Waals surface area contributed by atoms with Gasteiger partial charge in [0, 0.05) is 12.3 Å². The number of hydrogen-bond acceptors (Lipinski definition) is 3. The SMILES string of the molecule is CC1CC(C(NC=O)C(=O)O)CC1(F)F.CS. The minimum absolute atomic E-state index is 0.116. The van der Waals surface area contributed by atoms with Gasteiger partial charge >= 0.3 is 5.97 Å². The minimum Gasteiger partial charge on any atom is -0.480 e. The highest BCUT2D eigenvalue weighted by Gasteiger charge is 2.49. The Bertz CT molecular complexity index is 276. The molecule has 2 N–H and O–H groups in total. The Hall–Kier alpha value is -0.850. The molecule has 0 radical (unpaired) electrons. The summed E-state index contributed by atoms with van der Waals surface area (Å²) in [5.74, 6) is -5.63. The highest BCUT2D eigenvalue weighted by molar-refractivity contribution is 7.79. The topological polar surface area (TPSA) is 66.4 Å². The molecule has 0 bridgehead atoms. The normalized spacial score (nSPS) is 27.6. The highest BCUT2D eigenvalue weighted by Crippen LogP contribution is 2.44. The Balaban J connectivity index is 0.00000121. The van der Waals surface area contributed by atoms with Gasteiger partial charge in [0.15, 0.2) is 0 Å². The number of carbonyl (C=O) groups is 2. The summed E-state index contributed by atoms with van der Waals surface area (Å²) in [7, 11) is 0. The van der Waals surface area contributed by atoms with Crippen molar-refractivity contribution in [3.05, 3.63) is 0 Å². The molecule has 1 fully saturated rings. The first kappa shape index (κ1) is 16.1. The van der Waals surface area contributed by atoms with E-state index in [1.54, 1.807) is 6.26 Å². The lowest BCUT2D eigenvalue weighted by molar-refractivity contribution is -0.142. The van der Waals surface area contributed by atoms with Gasteiger partial charge in [0.25, 0.3) is 5.92 Å². The molecule has 4 nitrogen and oxygen atoms in total. The summed E-state index contributed by atoms with van der Waals surface area (Å²) in [4.78, 5) is 20.9. The zero-order chi connectivity index (χ0) is 13.6. The van der Waals surface area contributed by atoms with E-state index in [2.05, 4.69) is 17.9 Å². The molecule has 0 saturated heterocycles. The first-order valence-electron chi connectivity index (χ1n) is 5.13. The molecule has 1 rings (SSSR count). The molecular formula is C10H17F2NO3S. The Morgan fingerprint density at radius 1 is 1.59 bits per heavy atom. The van der Waals surface area contributed by atoms with Crippen molar-refractivity contribution in [1.29, 1.82) is 0 Å². The molecule has 3 unspecified atom stereocenters. The highest BCUT2D eigenvalue weighted by atomic mass is 32.1. The number of carbonyl (C=O) groups excluding carboxylic acids is 1. The largest absolute Gasteiger partial charge is 0.480 e. The monoisotopic (exact) mass is 269 g/mol. The van der Waals surface area contributed by atoms with Crippen molar-refractivity contribution < 1.29 is 23.5 Å². The first-order valence-corrected chi connectivity index (χ1v) is 6.03. The van der Waals surface area contributed by atoms with Crippen LogP contribution in [0.1, 0.15) is 19.8 Å². The van der Waals surface area contributed by atoms with Crippen LogP contribution in [0, 0.1) is 11.8 Å². The van der Waals surface area contributed by atoms with Crippen LogP contribution in [0.25, 0.3) is 0 Å². The lowest BCUT2D eigenvalue weighted by Crippen LogP contribution is -2.41. The number of carboxylic acid groups (broad SMARTS) is 1. The molecule has 0 aliphatic heterocycles. The Morgan fingerprint density at radius 2 is 2.12 bits per heavy atom. The van der Waals surface area contributed by atoms with Gasteiger partial charge in [0.2, 0.25) is 6.41 Å². The fourth-order valence-corrected chi connectivity index (χ4v) is 2.00. The average Bonchev–Trinajstić information content (AvgIpc) is 2.52. The van der Waals surface area contributed by atoms with Crippen LogP contribution in [-0.4, -0.2) is 35.7 Å². The zero-order valence-corrected chi connectivity index (χ0v) is 10.6. The second-order valence-electron chi connectivity index (χ2n) is 3.96. The predicted molar refractivity (Wildman–Crippen MR) is 62.4 cm³/mol. The van der Waals surface area contributed by atoms with E-state index in [-0.39, 0.29) is 12.8 Å². The molecule has 0 heterocycles. The molecule has 100 valence electrons. The summed E-state index contributed by atoms with van der Waals surface area (Å²) in [5.41, 5.74) is 0. The fourth-order valence-electron chi connectivity index (χ4n) is 2.00. The number of amides is 1. The standard InChI is InChI=1S/C9H13F2NO3.CH4S/c1-5-2-6(3-9(5,10)11)7(8(14)15)12-4-13;1-2/h4-7H,2-3H2,1H3,(H,12,13)(H,14,15);2H,1H3. The second-order valence-corrected chi connectivity index (χ2v) is 3.96. The van der Waals surface area contributed by atoms with Gasteiger partial charge in [-0.2, -0.15) is 12.6 Å². The molecule has 1 saturated carbocycles.